The van der Waals surface area contributed by atoms with Gasteiger partial charge in [-0.2, -0.15) is 0 Å². The Morgan fingerprint density at radius 2 is 1.41 bits per heavy atom. The monoisotopic (exact) mass is 405 g/mol. The van der Waals surface area contributed by atoms with Gasteiger partial charge < -0.3 is 9.05 Å². The summed E-state index contributed by atoms with van der Waals surface area (Å²) in [5.41, 5.74) is 1.07. The molecule has 2 atom stereocenters. The van der Waals surface area contributed by atoms with Gasteiger partial charge >= 0.3 is 0 Å². The van der Waals surface area contributed by atoms with Gasteiger partial charge in [-0.3, -0.25) is 9.69 Å². The van der Waals surface area contributed by atoms with Crippen LogP contribution in [0.1, 0.15) is 10.4 Å². The Labute approximate surface area is 159 Å². The molecular weight excluding hydrogens is 390 g/mol. The largest absolute Gasteiger partial charge is 0.480 e. The molecule has 0 bridgehead atoms. The van der Waals surface area contributed by atoms with Gasteiger partial charge in [-0.15, -0.1) is 0 Å². The van der Waals surface area contributed by atoms with Crippen LogP contribution in [0.2, 0.25) is 0 Å². The molecule has 2 unspecified atom stereocenters. The van der Waals surface area contributed by atoms with E-state index in [1.54, 1.807) is 24.3 Å². The number of anilines is 2. The number of amides is 1. The average Bonchev–Trinajstić information content (AvgIpc) is 2.70. The Balaban J connectivity index is 2.06. The van der Waals surface area contributed by atoms with E-state index in [0.29, 0.717) is 17.1 Å². The molecule has 0 saturated heterocycles. The summed E-state index contributed by atoms with van der Waals surface area (Å²) in [4.78, 5) is 14.5. The quantitative estimate of drug-likeness (QED) is 0.542. The van der Waals surface area contributed by atoms with Crippen molar-refractivity contribution in [3.8, 4) is 11.5 Å². The first-order valence-electron chi connectivity index (χ1n) is 7.76. The van der Waals surface area contributed by atoms with Crippen molar-refractivity contribution < 1.29 is 22.6 Å². The molecule has 0 saturated carbocycles. The van der Waals surface area contributed by atoms with Crippen LogP contribution in [0.4, 0.5) is 20.2 Å². The number of carbonyl (C=O) groups excluding carboxylic acids is 1. The third-order valence-electron chi connectivity index (χ3n) is 3.82. The molecule has 3 rings (SSSR count). The summed E-state index contributed by atoms with van der Waals surface area (Å²) in [6.45, 7) is 0. The fraction of sp³-hybridized carbons (Fsp3) is 0. The number of halogens is 2. The first-order chi connectivity index (χ1) is 13.0. The van der Waals surface area contributed by atoms with Gasteiger partial charge in [0.1, 0.15) is 11.6 Å². The molecule has 3 aromatic rings. The lowest BCUT2D eigenvalue weighted by Gasteiger charge is -2.23. The molecule has 1 amide bonds. The zero-order valence-corrected chi connectivity index (χ0v) is 16.2. The maximum atomic E-state index is 14.1. The number of hydrogen-bond acceptors (Lipinski definition) is 3. The molecular formula is C19H15F2NO3P2. The van der Waals surface area contributed by atoms with Crippen LogP contribution in [0, 0.1) is 11.6 Å². The van der Waals surface area contributed by atoms with Crippen LogP contribution in [0.25, 0.3) is 0 Å². The predicted molar refractivity (Wildman–Crippen MR) is 106 cm³/mol. The molecule has 0 heterocycles. The van der Waals surface area contributed by atoms with Crippen LogP contribution in [-0.2, 0) is 0 Å². The molecule has 27 heavy (non-hydrogen) atoms. The van der Waals surface area contributed by atoms with Crippen molar-refractivity contribution in [2.75, 3.05) is 4.90 Å². The highest BCUT2D eigenvalue weighted by molar-refractivity contribution is 7.10. The van der Waals surface area contributed by atoms with E-state index in [1.165, 1.54) is 41.3 Å². The lowest BCUT2D eigenvalue weighted by Crippen LogP contribution is -2.26. The molecule has 0 aliphatic rings. The Hall–Kier alpha value is -2.55. The fourth-order valence-electron chi connectivity index (χ4n) is 2.51. The Morgan fingerprint density at radius 3 is 1.93 bits per heavy atom. The van der Waals surface area contributed by atoms with Gasteiger partial charge in [0.25, 0.3) is 5.91 Å². The Morgan fingerprint density at radius 1 is 0.815 bits per heavy atom. The number of carbonyl (C=O) groups is 1. The van der Waals surface area contributed by atoms with Gasteiger partial charge in [0.2, 0.25) is 0 Å². The highest BCUT2D eigenvalue weighted by atomic mass is 31.0. The molecule has 0 fully saturated rings. The maximum Gasteiger partial charge on any atom is 0.262 e. The number of hydrogen-bond donors (Lipinski definition) is 0. The molecule has 3 aromatic carbocycles. The van der Waals surface area contributed by atoms with Crippen molar-refractivity contribution in [1.82, 2.24) is 0 Å². The third kappa shape index (κ3) is 4.24. The molecule has 138 valence electrons. The minimum absolute atomic E-state index is 0.00632. The lowest BCUT2D eigenvalue weighted by molar-refractivity contribution is 0.0998. The standard InChI is InChI=1S/C19H15F2NO3P2/c20-13-2-4-14(5-3-13)22(15-6-8-16(24-26)9-7-15)19(23)12-1-10-18(25-27)17(21)11-12/h1-11H,26-27H2. The van der Waals surface area contributed by atoms with Gasteiger partial charge in [-0.05, 0) is 66.7 Å². The highest BCUT2D eigenvalue weighted by Gasteiger charge is 2.21. The van der Waals surface area contributed by atoms with E-state index in [9.17, 15) is 13.6 Å². The third-order valence-corrected chi connectivity index (χ3v) is 4.35. The average molecular weight is 405 g/mol. The molecule has 0 aliphatic heterocycles. The topological polar surface area (TPSA) is 38.8 Å². The van der Waals surface area contributed by atoms with E-state index >= 15 is 0 Å². The fourth-order valence-corrected chi connectivity index (χ4v) is 2.85. The predicted octanol–water partition coefficient (Wildman–Crippen LogP) is 5.28. The minimum Gasteiger partial charge on any atom is -0.480 e. The van der Waals surface area contributed by atoms with E-state index in [0.717, 1.165) is 6.07 Å². The van der Waals surface area contributed by atoms with E-state index < -0.39 is 17.5 Å². The summed E-state index contributed by atoms with van der Waals surface area (Å²) >= 11 is 0. The summed E-state index contributed by atoms with van der Waals surface area (Å²) in [6.07, 6.45) is 0. The number of rotatable bonds is 5. The van der Waals surface area contributed by atoms with Crippen molar-refractivity contribution >= 4 is 36.2 Å². The van der Waals surface area contributed by atoms with Crippen LogP contribution >= 0.6 is 18.9 Å². The molecule has 4 nitrogen and oxygen atoms in total. The van der Waals surface area contributed by atoms with Gasteiger partial charge in [0.05, 0.1) is 18.9 Å². The van der Waals surface area contributed by atoms with Crippen LogP contribution < -0.4 is 13.9 Å². The maximum absolute atomic E-state index is 14.1. The first kappa shape index (κ1) is 19.2. The van der Waals surface area contributed by atoms with Crippen LogP contribution in [0.15, 0.2) is 66.7 Å². The SMILES string of the molecule is O=C(c1ccc(OP)c(F)c1)N(c1ccc(F)cc1)c1ccc(OP)cc1. The van der Waals surface area contributed by atoms with Crippen molar-refractivity contribution in [2.45, 2.75) is 0 Å². The van der Waals surface area contributed by atoms with Gasteiger partial charge in [0.15, 0.2) is 11.6 Å². The van der Waals surface area contributed by atoms with E-state index in [-0.39, 0.29) is 11.3 Å². The molecule has 0 radical (unpaired) electrons. The summed E-state index contributed by atoms with van der Waals surface area (Å²) < 4.78 is 37.2. The van der Waals surface area contributed by atoms with Crippen molar-refractivity contribution in [3.63, 3.8) is 0 Å². The van der Waals surface area contributed by atoms with Crippen molar-refractivity contribution in [1.29, 1.82) is 0 Å². The normalized spacial score (nSPS) is 10.4. The summed E-state index contributed by atoms with van der Waals surface area (Å²) in [6, 6.07) is 16.1. The second-order valence-electron chi connectivity index (χ2n) is 5.49. The first-order valence-corrected chi connectivity index (χ1v) is 8.71. The summed E-state index contributed by atoms with van der Waals surface area (Å²) in [7, 11) is 4.09. The van der Waals surface area contributed by atoms with Crippen molar-refractivity contribution in [3.05, 3.63) is 83.9 Å². The Kier molecular flexibility index (Phi) is 6.00. The van der Waals surface area contributed by atoms with E-state index in [2.05, 4.69) is 9.47 Å². The van der Waals surface area contributed by atoms with Gasteiger partial charge in [-0.1, -0.05) is 0 Å². The van der Waals surface area contributed by atoms with Crippen molar-refractivity contribution in [2.24, 2.45) is 0 Å². The number of nitrogens with zero attached hydrogens (tertiary/aromatic N) is 1. The van der Waals surface area contributed by atoms with Gasteiger partial charge in [0, 0.05) is 16.9 Å². The zero-order valence-electron chi connectivity index (χ0n) is 13.9. The number of benzene rings is 3. The molecule has 0 spiro atoms. The summed E-state index contributed by atoms with van der Waals surface area (Å²) in [5, 5.41) is 0. The van der Waals surface area contributed by atoms with Gasteiger partial charge in [-0.25, -0.2) is 8.78 Å². The lowest BCUT2D eigenvalue weighted by atomic mass is 10.1. The molecule has 0 N–H and O–H groups in total. The summed E-state index contributed by atoms with van der Waals surface area (Å²) in [5.74, 6) is -0.974. The van der Waals surface area contributed by atoms with Crippen LogP contribution in [-0.4, -0.2) is 5.91 Å². The molecule has 0 aromatic heterocycles. The van der Waals surface area contributed by atoms with E-state index in [1.807, 2.05) is 9.47 Å². The molecule has 8 heteroatoms. The van der Waals surface area contributed by atoms with Crippen LogP contribution in [0.3, 0.4) is 0 Å². The minimum atomic E-state index is -0.665. The van der Waals surface area contributed by atoms with Crippen LogP contribution in [0.5, 0.6) is 11.5 Å². The Bertz CT molecular complexity index is 950. The molecule has 0 aliphatic carbocycles. The highest BCUT2D eigenvalue weighted by Crippen LogP contribution is 2.31. The van der Waals surface area contributed by atoms with E-state index in [4.69, 9.17) is 9.05 Å². The zero-order chi connectivity index (χ0) is 19.4. The second kappa shape index (κ2) is 8.43. The smallest absolute Gasteiger partial charge is 0.262 e. The second-order valence-corrected chi connectivity index (χ2v) is 5.96.